The number of hydrogen-bond acceptors (Lipinski definition) is 3. The molecule has 3 nitrogen and oxygen atoms in total. The molecule has 0 bridgehead atoms. The van der Waals surface area contributed by atoms with Gasteiger partial charge in [-0.25, -0.2) is 0 Å². The van der Waals surface area contributed by atoms with Crippen molar-refractivity contribution in [2.24, 2.45) is 11.5 Å². The standard InChI is InChI=1S/2C4H8N.O.Sn/c2*1-3-4(2)5;;/h2*3H,2,5H2,1H3;;. The van der Waals surface area contributed by atoms with Gasteiger partial charge in [0, 0.05) is 0 Å². The van der Waals surface area contributed by atoms with Gasteiger partial charge in [-0.2, -0.15) is 0 Å². The predicted octanol–water partition coefficient (Wildman–Crippen LogP) is 1.13. The van der Waals surface area contributed by atoms with Crippen LogP contribution < -0.4 is 11.5 Å². The van der Waals surface area contributed by atoms with E-state index in [4.69, 9.17) is 11.5 Å². The zero-order valence-electron chi connectivity index (χ0n) is 7.63. The number of hydrogen-bond donors (Lipinski definition) is 2. The molecule has 0 aliphatic rings. The van der Waals surface area contributed by atoms with E-state index in [1.165, 1.54) is 0 Å². The van der Waals surface area contributed by atoms with Crippen LogP contribution in [0.2, 0.25) is 8.87 Å². The predicted molar refractivity (Wildman–Crippen MR) is 51.9 cm³/mol. The Kier molecular flexibility index (Phi) is 6.06. The Morgan fingerprint density at radius 3 is 1.75 bits per heavy atom. The van der Waals surface area contributed by atoms with E-state index in [9.17, 15) is 3.08 Å². The van der Waals surface area contributed by atoms with Crippen molar-refractivity contribution < 1.29 is 3.08 Å². The molecular weight excluding hydrogens is 259 g/mol. The van der Waals surface area contributed by atoms with Crippen LogP contribution in [0.15, 0.2) is 23.5 Å². The summed E-state index contributed by atoms with van der Waals surface area (Å²) in [5.41, 5.74) is 12.5. The molecule has 0 atom stereocenters. The molecule has 0 aliphatic carbocycles. The summed E-state index contributed by atoms with van der Waals surface area (Å²) in [7, 11) is 0. The summed E-state index contributed by atoms with van der Waals surface area (Å²) in [4.78, 5) is 0. The zero-order chi connectivity index (χ0) is 9.56. The Labute approximate surface area is 80.6 Å². The van der Waals surface area contributed by atoms with E-state index in [1.54, 1.807) is 12.2 Å². The normalized spacial score (nSPS) is 13.2. The average Bonchev–Trinajstić information content (AvgIpc) is 2.03. The molecule has 0 fully saturated rings. The van der Waals surface area contributed by atoms with Crippen LogP contribution in [0.4, 0.5) is 0 Å². The van der Waals surface area contributed by atoms with Crippen molar-refractivity contribution >= 4 is 19.7 Å². The average molecular weight is 275 g/mol. The Morgan fingerprint density at radius 1 is 1.17 bits per heavy atom. The Morgan fingerprint density at radius 2 is 1.50 bits per heavy atom. The molecule has 0 aromatic heterocycles. The van der Waals surface area contributed by atoms with Crippen molar-refractivity contribution in [3.05, 3.63) is 23.5 Å². The maximum absolute atomic E-state index is 11.4. The van der Waals surface area contributed by atoms with Crippen LogP contribution >= 0.6 is 0 Å². The van der Waals surface area contributed by atoms with Gasteiger partial charge in [0.1, 0.15) is 0 Å². The minimum absolute atomic E-state index is 0.577. The van der Waals surface area contributed by atoms with E-state index in [1.807, 2.05) is 13.8 Å². The molecule has 4 heteroatoms. The van der Waals surface area contributed by atoms with Crippen molar-refractivity contribution in [3.63, 3.8) is 0 Å². The second-order valence-corrected chi connectivity index (χ2v) is 7.71. The first-order valence-corrected chi connectivity index (χ1v) is 9.13. The van der Waals surface area contributed by atoms with Crippen molar-refractivity contribution in [2.75, 3.05) is 0 Å². The molecule has 0 aromatic carbocycles. The maximum atomic E-state index is 11.4. The minimum atomic E-state index is -2.52. The SMILES string of the molecule is CC=C(N)[CH2][Sn](=[O])[CH2]C(N)=CC. The van der Waals surface area contributed by atoms with Gasteiger partial charge in [-0.1, -0.05) is 0 Å². The van der Waals surface area contributed by atoms with Crippen LogP contribution in [0, 0.1) is 0 Å². The molecule has 0 rings (SSSR count). The van der Waals surface area contributed by atoms with Crippen LogP contribution in [0.3, 0.4) is 0 Å². The quantitative estimate of drug-likeness (QED) is 0.756. The Bertz CT molecular complexity index is 199. The molecule has 0 heterocycles. The summed E-state index contributed by atoms with van der Waals surface area (Å²) in [5.74, 6) is 0. The molecule has 0 aliphatic heterocycles. The van der Waals surface area contributed by atoms with E-state index < -0.39 is 19.7 Å². The van der Waals surface area contributed by atoms with E-state index in [-0.39, 0.29) is 0 Å². The van der Waals surface area contributed by atoms with Crippen molar-refractivity contribution in [1.82, 2.24) is 0 Å². The first kappa shape index (κ1) is 11.7. The third-order valence-electron chi connectivity index (χ3n) is 1.54. The molecule has 0 amide bonds. The molecule has 4 N–H and O–H groups in total. The van der Waals surface area contributed by atoms with Gasteiger partial charge in [-0.15, -0.1) is 0 Å². The monoisotopic (exact) mass is 276 g/mol. The molecule has 68 valence electrons. The third-order valence-corrected chi connectivity index (χ3v) is 6.13. The fourth-order valence-corrected chi connectivity index (χ4v) is 4.84. The molecule has 0 aromatic rings. The Hall–Kier alpha value is -0.321. The second-order valence-electron chi connectivity index (χ2n) is 2.62. The summed E-state index contributed by atoms with van der Waals surface area (Å²) < 4.78 is 12.6. The molecule has 0 radical (unpaired) electrons. The fraction of sp³-hybridized carbons (Fsp3) is 0.500. The second kappa shape index (κ2) is 6.22. The van der Waals surface area contributed by atoms with Crippen LogP contribution in [-0.4, -0.2) is 19.7 Å². The van der Waals surface area contributed by atoms with E-state index in [0.29, 0.717) is 8.87 Å². The van der Waals surface area contributed by atoms with E-state index in [2.05, 4.69) is 0 Å². The third kappa shape index (κ3) is 5.34. The molecule has 12 heavy (non-hydrogen) atoms. The molecular formula is C8H16N2OSn. The van der Waals surface area contributed by atoms with Crippen LogP contribution in [-0.2, 0) is 3.08 Å². The number of rotatable bonds is 4. The first-order chi connectivity index (χ1) is 5.60. The van der Waals surface area contributed by atoms with Gasteiger partial charge in [-0.05, 0) is 0 Å². The number of allylic oxidation sites excluding steroid dienone is 4. The molecule has 0 unspecified atom stereocenters. The van der Waals surface area contributed by atoms with Gasteiger partial charge in [-0.3, -0.25) is 0 Å². The van der Waals surface area contributed by atoms with Gasteiger partial charge in [0.25, 0.3) is 0 Å². The van der Waals surface area contributed by atoms with E-state index >= 15 is 0 Å². The van der Waals surface area contributed by atoms with Crippen molar-refractivity contribution in [3.8, 4) is 0 Å². The van der Waals surface area contributed by atoms with Gasteiger partial charge in [0.2, 0.25) is 0 Å². The molecule has 0 saturated heterocycles. The van der Waals surface area contributed by atoms with Gasteiger partial charge in [0.05, 0.1) is 0 Å². The molecule has 0 spiro atoms. The van der Waals surface area contributed by atoms with Gasteiger partial charge in [0.15, 0.2) is 0 Å². The number of nitrogens with two attached hydrogens (primary N) is 2. The summed E-state index contributed by atoms with van der Waals surface area (Å²) in [6.07, 6.45) is 3.59. The van der Waals surface area contributed by atoms with Gasteiger partial charge < -0.3 is 0 Å². The van der Waals surface area contributed by atoms with Gasteiger partial charge >= 0.3 is 80.6 Å². The van der Waals surface area contributed by atoms with Crippen molar-refractivity contribution in [1.29, 1.82) is 0 Å². The summed E-state index contributed by atoms with van der Waals surface area (Å²) in [6.45, 7) is 3.70. The molecule has 0 saturated carbocycles. The zero-order valence-corrected chi connectivity index (χ0v) is 10.5. The van der Waals surface area contributed by atoms with E-state index in [0.717, 1.165) is 11.4 Å². The summed E-state index contributed by atoms with van der Waals surface area (Å²) >= 11 is -2.52. The van der Waals surface area contributed by atoms with Crippen LogP contribution in [0.5, 0.6) is 0 Å². The summed E-state index contributed by atoms with van der Waals surface area (Å²) in [5, 5.41) is 0. The first-order valence-electron chi connectivity index (χ1n) is 3.93. The fourth-order valence-electron chi connectivity index (χ4n) is 0.722. The Balaban J connectivity index is 3.91. The topological polar surface area (TPSA) is 69.1 Å². The summed E-state index contributed by atoms with van der Waals surface area (Å²) in [6, 6.07) is 0. The van der Waals surface area contributed by atoms with Crippen LogP contribution in [0.25, 0.3) is 0 Å². The van der Waals surface area contributed by atoms with Crippen LogP contribution in [0.1, 0.15) is 13.8 Å². The van der Waals surface area contributed by atoms with Crippen molar-refractivity contribution in [2.45, 2.75) is 22.7 Å².